The summed E-state index contributed by atoms with van der Waals surface area (Å²) in [7, 11) is 0. The molecule has 3 aromatic carbocycles. The Morgan fingerprint density at radius 3 is 1.83 bits per heavy atom. The molecule has 0 atom stereocenters. The predicted octanol–water partition coefficient (Wildman–Crippen LogP) is 6.79. The molecule has 2 aliphatic heterocycles. The monoisotopic (exact) mass is 415 g/mol. The second kappa shape index (κ2) is 8.29. The number of hydrogen-bond donors (Lipinski definition) is 0. The first kappa shape index (κ1) is 18.8. The maximum atomic E-state index is 6.33. The van der Waals surface area contributed by atoms with E-state index in [0.29, 0.717) is 18.2 Å². The van der Waals surface area contributed by atoms with Gasteiger partial charge in [-0.2, -0.15) is 0 Å². The second-order valence-corrected chi connectivity index (χ2v) is 7.82. The number of anilines is 1. The van der Waals surface area contributed by atoms with Crippen molar-refractivity contribution in [3.63, 3.8) is 0 Å². The van der Waals surface area contributed by atoms with Gasteiger partial charge in [0.2, 0.25) is 0 Å². The topological polar surface area (TPSA) is 21.7 Å². The van der Waals surface area contributed by atoms with Gasteiger partial charge in [0.25, 0.3) is 0 Å². The second-order valence-electron chi connectivity index (χ2n) is 7.39. The van der Waals surface area contributed by atoms with Crippen molar-refractivity contribution in [2.24, 2.45) is 0 Å². The van der Waals surface area contributed by atoms with E-state index in [1.165, 1.54) is 11.1 Å². The highest BCUT2D eigenvalue weighted by Crippen LogP contribution is 2.36. The zero-order valence-corrected chi connectivity index (χ0v) is 17.3. The van der Waals surface area contributed by atoms with Gasteiger partial charge >= 0.3 is 0 Å². The van der Waals surface area contributed by atoms with Crippen molar-refractivity contribution in [2.45, 2.75) is 12.8 Å². The number of fused-ring (bicyclic) bond motifs is 2. The third-order valence-electron chi connectivity index (χ3n) is 5.42. The average molecular weight is 416 g/mol. The summed E-state index contributed by atoms with van der Waals surface area (Å²) in [6.45, 7) is 1.36. The van der Waals surface area contributed by atoms with Crippen LogP contribution in [0, 0.1) is 0 Å². The Morgan fingerprint density at radius 1 is 0.700 bits per heavy atom. The molecule has 150 valence electrons. The highest BCUT2D eigenvalue weighted by Gasteiger charge is 2.18. The van der Waals surface area contributed by atoms with Crippen LogP contribution in [0.25, 0.3) is 11.1 Å². The van der Waals surface area contributed by atoms with Crippen LogP contribution < -0.4 is 14.4 Å². The number of ether oxygens (including phenoxy) is 2. The van der Waals surface area contributed by atoms with E-state index in [0.717, 1.165) is 41.2 Å². The summed E-state index contributed by atoms with van der Waals surface area (Å²) in [4.78, 5) is 2.18. The number of benzene rings is 3. The van der Waals surface area contributed by atoms with Crippen molar-refractivity contribution in [1.82, 2.24) is 0 Å². The molecule has 3 nitrogen and oxygen atoms in total. The smallest absolute Gasteiger partial charge is 0.126 e. The van der Waals surface area contributed by atoms with Gasteiger partial charge in [0.1, 0.15) is 11.5 Å². The lowest BCUT2D eigenvalue weighted by molar-refractivity contribution is 0.316. The van der Waals surface area contributed by atoms with E-state index in [1.807, 2.05) is 42.5 Å². The summed E-state index contributed by atoms with van der Waals surface area (Å²) < 4.78 is 11.7. The van der Waals surface area contributed by atoms with Gasteiger partial charge in [0.15, 0.2) is 0 Å². The molecule has 0 aliphatic carbocycles. The Bertz CT molecular complexity index is 1070. The summed E-state index contributed by atoms with van der Waals surface area (Å²) in [5, 5.41) is 0.717. The Hall–Kier alpha value is -3.17. The van der Waals surface area contributed by atoms with Gasteiger partial charge in [-0.1, -0.05) is 54.1 Å². The molecule has 3 aromatic rings. The van der Waals surface area contributed by atoms with Gasteiger partial charge in [0, 0.05) is 47.1 Å². The molecule has 0 aromatic heterocycles. The fourth-order valence-corrected chi connectivity index (χ4v) is 4.14. The minimum atomic E-state index is 0.680. The molecule has 0 bridgehead atoms. The van der Waals surface area contributed by atoms with Gasteiger partial charge in [0.05, 0.1) is 13.2 Å². The van der Waals surface area contributed by atoms with Crippen LogP contribution >= 0.6 is 11.6 Å². The van der Waals surface area contributed by atoms with Gasteiger partial charge in [-0.15, -0.1) is 0 Å². The average Bonchev–Trinajstić information content (AvgIpc) is 2.79. The molecule has 0 radical (unpaired) electrons. The van der Waals surface area contributed by atoms with Crippen LogP contribution in [0.2, 0.25) is 5.02 Å². The maximum Gasteiger partial charge on any atom is 0.126 e. The SMILES string of the molecule is Clc1cccc(N(/C=C2\CCOc3ccccc32)/C=C2\CCOc3ccccc32)c1. The first-order chi connectivity index (χ1) is 14.8. The van der Waals surface area contributed by atoms with E-state index >= 15 is 0 Å². The number of para-hydroxylation sites is 2. The molecule has 2 aliphatic rings. The lowest BCUT2D eigenvalue weighted by Gasteiger charge is -2.26. The number of halogens is 1. The maximum absolute atomic E-state index is 6.33. The zero-order chi connectivity index (χ0) is 20.3. The van der Waals surface area contributed by atoms with Crippen LogP contribution in [-0.2, 0) is 0 Å². The number of rotatable bonds is 3. The highest BCUT2D eigenvalue weighted by atomic mass is 35.5. The molecule has 0 spiro atoms. The Morgan fingerprint density at radius 2 is 1.27 bits per heavy atom. The third kappa shape index (κ3) is 3.81. The summed E-state index contributed by atoms with van der Waals surface area (Å²) in [6.07, 6.45) is 6.13. The minimum absolute atomic E-state index is 0.680. The molecule has 0 unspecified atom stereocenters. The standard InChI is InChI=1S/C26H22ClNO2/c27-21-6-5-7-22(16-21)28(17-19-12-14-29-25-10-3-1-8-23(19)25)18-20-13-15-30-26-11-4-2-9-24(20)26/h1-11,16-18H,12-15H2/b19-17+,20-18+. The summed E-state index contributed by atoms with van der Waals surface area (Å²) in [5.41, 5.74) is 5.79. The quantitative estimate of drug-likeness (QED) is 0.469. The molecular weight excluding hydrogens is 394 g/mol. The molecule has 30 heavy (non-hydrogen) atoms. The molecular formula is C26H22ClNO2. The normalized spacial score (nSPS) is 17.6. The molecule has 0 saturated heterocycles. The van der Waals surface area contributed by atoms with E-state index in [2.05, 4.69) is 47.6 Å². The number of nitrogens with zero attached hydrogens (tertiary/aromatic N) is 1. The third-order valence-corrected chi connectivity index (χ3v) is 5.66. The fraction of sp³-hybridized carbons (Fsp3) is 0.154. The van der Waals surface area contributed by atoms with Crippen LogP contribution in [0.15, 0.2) is 85.2 Å². The van der Waals surface area contributed by atoms with Crippen molar-refractivity contribution in [3.8, 4) is 11.5 Å². The van der Waals surface area contributed by atoms with Crippen LogP contribution in [-0.4, -0.2) is 13.2 Å². The molecule has 4 heteroatoms. The van der Waals surface area contributed by atoms with Gasteiger partial charge in [-0.25, -0.2) is 0 Å². The van der Waals surface area contributed by atoms with Gasteiger partial charge in [-0.3, -0.25) is 0 Å². The highest BCUT2D eigenvalue weighted by molar-refractivity contribution is 6.30. The fourth-order valence-electron chi connectivity index (χ4n) is 3.95. The molecule has 5 rings (SSSR count). The lowest BCUT2D eigenvalue weighted by Crippen LogP contribution is -2.15. The Kier molecular flexibility index (Phi) is 5.20. The molecule has 2 heterocycles. The molecule has 0 fully saturated rings. The van der Waals surface area contributed by atoms with Crippen molar-refractivity contribution >= 4 is 28.4 Å². The van der Waals surface area contributed by atoms with E-state index in [-0.39, 0.29) is 0 Å². The van der Waals surface area contributed by atoms with Crippen molar-refractivity contribution in [1.29, 1.82) is 0 Å². The van der Waals surface area contributed by atoms with Crippen LogP contribution in [0.3, 0.4) is 0 Å². The molecule has 0 amide bonds. The lowest BCUT2D eigenvalue weighted by atomic mass is 9.99. The Labute approximate surface area is 181 Å². The predicted molar refractivity (Wildman–Crippen MR) is 123 cm³/mol. The summed E-state index contributed by atoms with van der Waals surface area (Å²) in [5.74, 6) is 1.87. The van der Waals surface area contributed by atoms with E-state index in [4.69, 9.17) is 21.1 Å². The number of hydrogen-bond acceptors (Lipinski definition) is 3. The summed E-state index contributed by atoms with van der Waals surface area (Å²) >= 11 is 6.33. The largest absolute Gasteiger partial charge is 0.493 e. The van der Waals surface area contributed by atoms with Crippen LogP contribution in [0.5, 0.6) is 11.5 Å². The van der Waals surface area contributed by atoms with E-state index in [1.54, 1.807) is 0 Å². The molecule has 0 N–H and O–H groups in total. The molecule has 0 saturated carbocycles. The van der Waals surface area contributed by atoms with Crippen LogP contribution in [0.1, 0.15) is 24.0 Å². The minimum Gasteiger partial charge on any atom is -0.493 e. The van der Waals surface area contributed by atoms with Crippen molar-refractivity contribution in [2.75, 3.05) is 18.1 Å². The van der Waals surface area contributed by atoms with Crippen molar-refractivity contribution in [3.05, 3.63) is 101 Å². The van der Waals surface area contributed by atoms with E-state index < -0.39 is 0 Å². The summed E-state index contributed by atoms with van der Waals surface area (Å²) in [6, 6.07) is 24.4. The van der Waals surface area contributed by atoms with Gasteiger partial charge in [-0.05, 0) is 41.5 Å². The Balaban J connectivity index is 1.62. The first-order valence-electron chi connectivity index (χ1n) is 10.2. The van der Waals surface area contributed by atoms with Crippen molar-refractivity contribution < 1.29 is 9.47 Å². The first-order valence-corrected chi connectivity index (χ1v) is 10.6. The van der Waals surface area contributed by atoms with E-state index in [9.17, 15) is 0 Å². The van der Waals surface area contributed by atoms with Gasteiger partial charge < -0.3 is 14.4 Å². The van der Waals surface area contributed by atoms with Crippen LogP contribution in [0.4, 0.5) is 5.69 Å². The zero-order valence-electron chi connectivity index (χ0n) is 16.6.